The normalized spacial score (nSPS) is 19.3. The van der Waals surface area contributed by atoms with E-state index in [1.54, 1.807) is 14.2 Å². The zero-order chi connectivity index (χ0) is 30.7. The van der Waals surface area contributed by atoms with Crippen LogP contribution < -0.4 is 24.0 Å². The van der Waals surface area contributed by atoms with E-state index in [1.807, 2.05) is 20.2 Å². The smallest absolute Gasteiger partial charge is 0.312 e. The van der Waals surface area contributed by atoms with Gasteiger partial charge in [0.2, 0.25) is 0 Å². The molecule has 230 valence electrons. The van der Waals surface area contributed by atoms with Crippen molar-refractivity contribution in [1.29, 1.82) is 0 Å². The van der Waals surface area contributed by atoms with Crippen molar-refractivity contribution in [1.82, 2.24) is 4.90 Å². The number of carbonyl (C=O) groups excluding carboxylic acids is 1. The van der Waals surface area contributed by atoms with Crippen LogP contribution in [0.25, 0.3) is 0 Å². The first-order valence-corrected chi connectivity index (χ1v) is 15.5. The summed E-state index contributed by atoms with van der Waals surface area (Å²) in [7, 11) is 11.5. The van der Waals surface area contributed by atoms with E-state index in [0.29, 0.717) is 23.2 Å². The molecule has 1 fully saturated rings. The van der Waals surface area contributed by atoms with E-state index in [1.165, 1.54) is 18.4 Å². The van der Waals surface area contributed by atoms with E-state index in [0.717, 1.165) is 54.1 Å². The van der Waals surface area contributed by atoms with Gasteiger partial charge in [0.1, 0.15) is 17.2 Å². The molecule has 1 saturated heterocycles. The number of rotatable bonds is 10. The highest BCUT2D eigenvalue weighted by Crippen LogP contribution is 2.53. The van der Waals surface area contributed by atoms with Gasteiger partial charge in [-0.1, -0.05) is 31.2 Å². The van der Waals surface area contributed by atoms with E-state index in [4.69, 9.17) is 14.2 Å². The van der Waals surface area contributed by atoms with Crippen LogP contribution in [-0.4, -0.2) is 72.9 Å². The minimum atomic E-state index is -0.239. The fraction of sp³-hybridized carbons (Fsp3) is 0.472. The summed E-state index contributed by atoms with van der Waals surface area (Å²) in [4.78, 5) is 20.1. The summed E-state index contributed by atoms with van der Waals surface area (Å²) in [5, 5.41) is 0. The number of likely N-dealkylation sites (tertiary alicyclic amines) is 1. The molecule has 43 heavy (non-hydrogen) atoms. The number of hydrogen-bond acceptors (Lipinski definition) is 7. The number of methoxy groups -OCH3 is 2. The lowest BCUT2D eigenvalue weighted by atomic mass is 9.80. The lowest BCUT2D eigenvalue weighted by Gasteiger charge is -2.34. The Kier molecular flexibility index (Phi) is 9.50. The molecule has 0 unspecified atom stereocenters. The van der Waals surface area contributed by atoms with Crippen molar-refractivity contribution in [3.05, 3.63) is 76.9 Å². The summed E-state index contributed by atoms with van der Waals surface area (Å²) < 4.78 is 18.2. The molecule has 2 heterocycles. The first-order valence-electron chi connectivity index (χ1n) is 15.5. The average molecular weight is 586 g/mol. The van der Waals surface area contributed by atoms with E-state index in [-0.39, 0.29) is 24.2 Å². The topological polar surface area (TPSA) is 54.5 Å². The van der Waals surface area contributed by atoms with Crippen LogP contribution >= 0.6 is 0 Å². The Morgan fingerprint density at radius 1 is 0.930 bits per heavy atom. The molecule has 0 amide bonds. The van der Waals surface area contributed by atoms with Gasteiger partial charge in [0.25, 0.3) is 0 Å². The molecule has 2 aliphatic rings. The molecule has 0 spiro atoms. The third-order valence-corrected chi connectivity index (χ3v) is 9.10. The first kappa shape index (κ1) is 30.7. The van der Waals surface area contributed by atoms with Crippen molar-refractivity contribution >= 4 is 17.3 Å². The minimum absolute atomic E-state index is 0.0364. The molecule has 2 aliphatic heterocycles. The van der Waals surface area contributed by atoms with E-state index in [9.17, 15) is 4.79 Å². The maximum absolute atomic E-state index is 13.3. The van der Waals surface area contributed by atoms with Crippen LogP contribution in [0.1, 0.15) is 66.7 Å². The molecule has 0 radical (unpaired) electrons. The van der Waals surface area contributed by atoms with Crippen LogP contribution in [0.5, 0.6) is 17.2 Å². The van der Waals surface area contributed by atoms with Gasteiger partial charge in [-0.05, 0) is 73.7 Å². The van der Waals surface area contributed by atoms with Crippen molar-refractivity contribution in [3.63, 3.8) is 0 Å². The SMILES string of the molecule is COc1cc(OC)c2c(c1[C@H](CCN1CCC[C@H](C)C1)c1ccc(N(C)C)cc1)OC(=O)C[C@@H]2c1ccc(N(C)C)cc1. The molecule has 0 saturated carbocycles. The number of anilines is 2. The second-order valence-corrected chi connectivity index (χ2v) is 12.5. The van der Waals surface area contributed by atoms with Gasteiger partial charge in [0.05, 0.1) is 20.6 Å². The van der Waals surface area contributed by atoms with Crippen molar-refractivity contribution in [2.24, 2.45) is 5.92 Å². The summed E-state index contributed by atoms with van der Waals surface area (Å²) in [6.45, 7) is 5.54. The average Bonchev–Trinajstić information content (AvgIpc) is 3.00. The van der Waals surface area contributed by atoms with Gasteiger partial charge in [0.15, 0.2) is 0 Å². The van der Waals surface area contributed by atoms with Gasteiger partial charge in [-0.15, -0.1) is 0 Å². The molecular formula is C36H47N3O4. The molecule has 5 rings (SSSR count). The summed E-state index contributed by atoms with van der Waals surface area (Å²) in [6, 6.07) is 19.1. The molecule has 7 nitrogen and oxygen atoms in total. The second-order valence-electron chi connectivity index (χ2n) is 12.5. The molecule has 0 aliphatic carbocycles. The van der Waals surface area contributed by atoms with E-state index in [2.05, 4.69) is 84.2 Å². The van der Waals surface area contributed by atoms with Gasteiger partial charge in [-0.25, -0.2) is 0 Å². The predicted molar refractivity (Wildman–Crippen MR) is 174 cm³/mol. The lowest BCUT2D eigenvalue weighted by Crippen LogP contribution is -2.35. The molecule has 3 aromatic rings. The van der Waals surface area contributed by atoms with Crippen LogP contribution in [0.4, 0.5) is 11.4 Å². The van der Waals surface area contributed by atoms with Crippen molar-refractivity contribution in [2.45, 2.75) is 44.4 Å². The van der Waals surface area contributed by atoms with E-state index >= 15 is 0 Å². The Hall–Kier alpha value is -3.71. The predicted octanol–water partition coefficient (Wildman–Crippen LogP) is 6.53. The Morgan fingerprint density at radius 3 is 2.14 bits per heavy atom. The maximum atomic E-state index is 13.3. The Bertz CT molecular complexity index is 1400. The Labute approximate surface area is 257 Å². The van der Waals surface area contributed by atoms with Crippen molar-refractivity contribution < 1.29 is 19.0 Å². The summed E-state index contributed by atoms with van der Waals surface area (Å²) in [5.74, 6) is 2.19. The fourth-order valence-corrected chi connectivity index (χ4v) is 6.75. The van der Waals surface area contributed by atoms with Gasteiger partial charge >= 0.3 is 5.97 Å². The van der Waals surface area contributed by atoms with E-state index < -0.39 is 0 Å². The summed E-state index contributed by atoms with van der Waals surface area (Å²) in [6.07, 6.45) is 3.66. The van der Waals surface area contributed by atoms with Crippen molar-refractivity contribution in [3.8, 4) is 17.2 Å². The number of benzene rings is 3. The maximum Gasteiger partial charge on any atom is 0.312 e. The van der Waals surface area contributed by atoms with Gasteiger partial charge in [-0.2, -0.15) is 0 Å². The number of nitrogens with zero attached hydrogens (tertiary/aromatic N) is 3. The number of ether oxygens (including phenoxy) is 3. The molecule has 0 N–H and O–H groups in total. The molecule has 3 aromatic carbocycles. The zero-order valence-corrected chi connectivity index (χ0v) is 26.9. The second kappa shape index (κ2) is 13.3. The quantitative estimate of drug-likeness (QED) is 0.198. The highest BCUT2D eigenvalue weighted by molar-refractivity contribution is 5.81. The Balaban J connectivity index is 1.65. The summed E-state index contributed by atoms with van der Waals surface area (Å²) in [5.41, 5.74) is 6.32. The highest BCUT2D eigenvalue weighted by Gasteiger charge is 2.38. The zero-order valence-electron chi connectivity index (χ0n) is 26.9. The number of fused-ring (bicyclic) bond motifs is 1. The number of esters is 1. The van der Waals surface area contributed by atoms with Crippen LogP contribution in [0, 0.1) is 5.92 Å². The number of hydrogen-bond donors (Lipinski definition) is 0. The van der Waals surface area contributed by atoms with Gasteiger partial charge in [0, 0.05) is 75.1 Å². The van der Waals surface area contributed by atoms with Crippen LogP contribution in [0.15, 0.2) is 54.6 Å². The molecule has 0 bridgehead atoms. The van der Waals surface area contributed by atoms with Crippen molar-refractivity contribution in [2.75, 3.05) is 71.8 Å². The molecule has 0 aromatic heterocycles. The lowest BCUT2D eigenvalue weighted by molar-refractivity contribution is -0.135. The Morgan fingerprint density at radius 2 is 1.56 bits per heavy atom. The van der Waals surface area contributed by atoms with Crippen LogP contribution in [0.2, 0.25) is 0 Å². The molecule has 3 atom stereocenters. The minimum Gasteiger partial charge on any atom is -0.496 e. The summed E-state index contributed by atoms with van der Waals surface area (Å²) >= 11 is 0. The van der Waals surface area contributed by atoms with Gasteiger partial charge in [-0.3, -0.25) is 4.79 Å². The molecular weight excluding hydrogens is 538 g/mol. The monoisotopic (exact) mass is 585 g/mol. The van der Waals surface area contributed by atoms with Crippen LogP contribution in [0.3, 0.4) is 0 Å². The van der Waals surface area contributed by atoms with Crippen LogP contribution in [-0.2, 0) is 4.79 Å². The first-order chi connectivity index (χ1) is 20.7. The largest absolute Gasteiger partial charge is 0.496 e. The third-order valence-electron chi connectivity index (χ3n) is 9.10. The third kappa shape index (κ3) is 6.62. The highest BCUT2D eigenvalue weighted by atomic mass is 16.5. The van der Waals surface area contributed by atoms with Gasteiger partial charge < -0.3 is 28.9 Å². The molecule has 7 heteroatoms. The standard InChI is InChI=1S/C36H47N3O4/c1-24-9-8-19-39(23-24)20-18-29(25-10-14-27(15-11-25)37(2)3)34-31(41-6)22-32(42-7)35-30(21-33(40)43-36(34)35)26-12-16-28(17-13-26)38(4)5/h10-17,22,24,29-30H,8-9,18-21,23H2,1-7H3/t24-,29+,30+/m0/s1. The number of carbonyl (C=O) groups is 1. The number of piperidine rings is 1. The fourth-order valence-electron chi connectivity index (χ4n) is 6.75.